The molecule has 1 N–H and O–H groups in total. The van der Waals surface area contributed by atoms with Crippen LogP contribution in [0.15, 0.2) is 101 Å². The fourth-order valence-electron chi connectivity index (χ4n) is 2.67. The molecule has 3 rings (SSSR count). The predicted molar refractivity (Wildman–Crippen MR) is 113 cm³/mol. The van der Waals surface area contributed by atoms with Crippen LogP contribution in [0.1, 0.15) is 11.1 Å². The molecule has 0 saturated heterocycles. The lowest BCUT2D eigenvalue weighted by atomic mass is 10.2. The van der Waals surface area contributed by atoms with Crippen molar-refractivity contribution < 1.29 is 13.2 Å². The summed E-state index contributed by atoms with van der Waals surface area (Å²) in [6.45, 7) is -0.272. The monoisotopic (exact) mass is 407 g/mol. The number of sulfonamides is 1. The van der Waals surface area contributed by atoms with E-state index < -0.39 is 15.9 Å². The molecule has 6 nitrogen and oxygen atoms in total. The summed E-state index contributed by atoms with van der Waals surface area (Å²) in [5, 5.41) is 3.91. The Labute approximate surface area is 170 Å². The minimum Gasteiger partial charge on any atom is -0.272 e. The molecular formula is C22H21N3O3S. The highest BCUT2D eigenvalue weighted by Gasteiger charge is 2.26. The number of nitrogens with zero attached hydrogens (tertiary/aromatic N) is 2. The molecule has 7 heteroatoms. The minimum atomic E-state index is -3.85. The van der Waals surface area contributed by atoms with E-state index in [0.717, 1.165) is 15.4 Å². The first-order valence-corrected chi connectivity index (χ1v) is 10.5. The number of carbonyl (C=O) groups excluding carboxylic acids is 1. The number of hydrazone groups is 1. The Balaban J connectivity index is 1.76. The van der Waals surface area contributed by atoms with Crippen LogP contribution in [0.4, 0.5) is 0 Å². The van der Waals surface area contributed by atoms with Gasteiger partial charge in [-0.15, -0.1) is 0 Å². The molecule has 3 aromatic rings. The van der Waals surface area contributed by atoms with Gasteiger partial charge in [0.25, 0.3) is 5.91 Å². The highest BCUT2D eigenvalue weighted by atomic mass is 32.2. The van der Waals surface area contributed by atoms with Crippen LogP contribution in [0.5, 0.6) is 0 Å². The van der Waals surface area contributed by atoms with Gasteiger partial charge in [0.1, 0.15) is 0 Å². The molecule has 0 bridgehead atoms. The van der Waals surface area contributed by atoms with Crippen LogP contribution in [-0.4, -0.2) is 31.4 Å². The van der Waals surface area contributed by atoms with Crippen LogP contribution in [-0.2, 0) is 21.4 Å². The third-order valence-electron chi connectivity index (χ3n) is 4.11. The average molecular weight is 407 g/mol. The summed E-state index contributed by atoms with van der Waals surface area (Å²) >= 11 is 0. The third-order valence-corrected chi connectivity index (χ3v) is 5.91. The second-order valence-electron chi connectivity index (χ2n) is 6.28. The zero-order chi connectivity index (χ0) is 20.5. The van der Waals surface area contributed by atoms with Crippen LogP contribution in [0.2, 0.25) is 0 Å². The minimum absolute atomic E-state index is 0.0773. The van der Waals surface area contributed by atoms with Gasteiger partial charge in [-0.2, -0.15) is 9.41 Å². The first-order valence-electron chi connectivity index (χ1n) is 9.02. The van der Waals surface area contributed by atoms with Crippen LogP contribution in [0.3, 0.4) is 0 Å². The highest BCUT2D eigenvalue weighted by molar-refractivity contribution is 7.89. The first-order chi connectivity index (χ1) is 14.1. The fourth-order valence-corrected chi connectivity index (χ4v) is 4.07. The van der Waals surface area contributed by atoms with Crippen molar-refractivity contribution >= 4 is 22.1 Å². The molecule has 0 radical (unpaired) electrons. The van der Waals surface area contributed by atoms with Crippen molar-refractivity contribution in [3.8, 4) is 0 Å². The Hall–Kier alpha value is -3.29. The maximum Gasteiger partial charge on any atom is 0.255 e. The van der Waals surface area contributed by atoms with E-state index in [1.165, 1.54) is 18.3 Å². The molecule has 148 valence electrons. The molecule has 3 aromatic carbocycles. The van der Waals surface area contributed by atoms with Crippen molar-refractivity contribution in [2.75, 3.05) is 6.54 Å². The molecule has 1 amide bonds. The summed E-state index contributed by atoms with van der Waals surface area (Å²) < 4.78 is 27.3. The summed E-state index contributed by atoms with van der Waals surface area (Å²) in [7, 11) is -3.85. The normalized spacial score (nSPS) is 11.6. The van der Waals surface area contributed by atoms with Gasteiger partial charge in [-0.25, -0.2) is 13.8 Å². The second kappa shape index (κ2) is 9.77. The smallest absolute Gasteiger partial charge is 0.255 e. The SMILES string of the molecule is O=C(CN(Cc1ccccc1)S(=O)(=O)c1ccccc1)N/N=C/c1ccccc1. The zero-order valence-electron chi connectivity index (χ0n) is 15.7. The number of benzene rings is 3. The van der Waals surface area contributed by atoms with Gasteiger partial charge in [-0.1, -0.05) is 78.9 Å². The van der Waals surface area contributed by atoms with Gasteiger partial charge < -0.3 is 0 Å². The number of nitrogens with one attached hydrogen (secondary N) is 1. The van der Waals surface area contributed by atoms with Crippen LogP contribution < -0.4 is 5.43 Å². The van der Waals surface area contributed by atoms with Crippen molar-refractivity contribution in [2.24, 2.45) is 5.10 Å². The summed E-state index contributed by atoms with van der Waals surface area (Å²) in [5.41, 5.74) is 4.01. The first kappa shape index (κ1) is 20.4. The fraction of sp³-hybridized carbons (Fsp3) is 0.0909. The lowest BCUT2D eigenvalue weighted by molar-refractivity contribution is -0.121. The molecule has 0 aromatic heterocycles. The second-order valence-corrected chi connectivity index (χ2v) is 8.21. The van der Waals surface area contributed by atoms with Gasteiger partial charge in [0.2, 0.25) is 10.0 Å². The maximum absolute atomic E-state index is 13.1. The van der Waals surface area contributed by atoms with E-state index in [9.17, 15) is 13.2 Å². The molecule has 0 aliphatic rings. The Morgan fingerprint density at radius 2 is 1.41 bits per heavy atom. The molecule has 0 fully saturated rings. The quantitative estimate of drug-likeness (QED) is 0.460. The van der Waals surface area contributed by atoms with Gasteiger partial charge in [0.15, 0.2) is 0 Å². The van der Waals surface area contributed by atoms with Crippen molar-refractivity contribution in [3.05, 3.63) is 102 Å². The summed E-state index contributed by atoms with van der Waals surface area (Å²) in [6, 6.07) is 26.5. The number of hydrogen-bond acceptors (Lipinski definition) is 4. The number of hydrogen-bond donors (Lipinski definition) is 1. The van der Waals surface area contributed by atoms with Crippen molar-refractivity contribution in [2.45, 2.75) is 11.4 Å². The molecule has 0 spiro atoms. The summed E-state index contributed by atoms with van der Waals surface area (Å²) in [5.74, 6) is -0.521. The van der Waals surface area contributed by atoms with E-state index in [-0.39, 0.29) is 18.0 Å². The van der Waals surface area contributed by atoms with E-state index in [4.69, 9.17) is 0 Å². The van der Waals surface area contributed by atoms with Crippen LogP contribution in [0, 0.1) is 0 Å². The molecule has 29 heavy (non-hydrogen) atoms. The predicted octanol–water partition coefficient (Wildman–Crippen LogP) is 3.03. The maximum atomic E-state index is 13.1. The average Bonchev–Trinajstić information content (AvgIpc) is 2.75. The van der Waals surface area contributed by atoms with Crippen molar-refractivity contribution in [3.63, 3.8) is 0 Å². The van der Waals surface area contributed by atoms with E-state index >= 15 is 0 Å². The van der Waals surface area contributed by atoms with Gasteiger partial charge >= 0.3 is 0 Å². The molecule has 0 aliphatic carbocycles. The van der Waals surface area contributed by atoms with Crippen LogP contribution in [0.25, 0.3) is 0 Å². The third kappa shape index (κ3) is 5.84. The van der Waals surface area contributed by atoms with Gasteiger partial charge in [0.05, 0.1) is 17.7 Å². The lowest BCUT2D eigenvalue weighted by Gasteiger charge is -2.21. The highest BCUT2D eigenvalue weighted by Crippen LogP contribution is 2.18. The van der Waals surface area contributed by atoms with Gasteiger partial charge in [0, 0.05) is 6.54 Å². The standard InChI is InChI=1S/C22H21N3O3S/c26-22(24-23-16-19-10-4-1-5-11-19)18-25(17-20-12-6-2-7-13-20)29(27,28)21-14-8-3-9-15-21/h1-16H,17-18H2,(H,24,26)/b23-16+. The van der Waals surface area contributed by atoms with Crippen LogP contribution >= 0.6 is 0 Å². The van der Waals surface area contributed by atoms with E-state index in [1.807, 2.05) is 60.7 Å². The Morgan fingerprint density at radius 1 is 0.862 bits per heavy atom. The summed E-state index contributed by atoms with van der Waals surface area (Å²) in [6.07, 6.45) is 1.51. The molecule has 0 unspecified atom stereocenters. The molecule has 0 aliphatic heterocycles. The Morgan fingerprint density at radius 3 is 2.03 bits per heavy atom. The van der Waals surface area contributed by atoms with Crippen molar-refractivity contribution in [1.82, 2.24) is 9.73 Å². The Bertz CT molecular complexity index is 1050. The number of carbonyl (C=O) groups is 1. The van der Waals surface area contributed by atoms with E-state index in [1.54, 1.807) is 18.2 Å². The van der Waals surface area contributed by atoms with Crippen molar-refractivity contribution in [1.29, 1.82) is 0 Å². The number of amides is 1. The largest absolute Gasteiger partial charge is 0.272 e. The lowest BCUT2D eigenvalue weighted by Crippen LogP contribution is -2.39. The van der Waals surface area contributed by atoms with Gasteiger partial charge in [-0.05, 0) is 23.3 Å². The van der Waals surface area contributed by atoms with Gasteiger partial charge in [-0.3, -0.25) is 4.79 Å². The molecular weight excluding hydrogens is 386 g/mol. The Kier molecular flexibility index (Phi) is 6.89. The van der Waals surface area contributed by atoms with E-state index in [0.29, 0.717) is 0 Å². The summed E-state index contributed by atoms with van der Waals surface area (Å²) in [4.78, 5) is 12.5. The topological polar surface area (TPSA) is 78.8 Å². The zero-order valence-corrected chi connectivity index (χ0v) is 16.5. The number of rotatable bonds is 8. The molecule has 0 atom stereocenters. The molecule has 0 heterocycles. The molecule has 0 saturated carbocycles. The van der Waals surface area contributed by atoms with E-state index in [2.05, 4.69) is 10.5 Å².